The molecule has 2 aromatic rings. The first-order valence-electron chi connectivity index (χ1n) is 7.84. The van der Waals surface area contributed by atoms with Crippen molar-refractivity contribution in [2.24, 2.45) is 0 Å². The number of hydrogen-bond acceptors (Lipinski definition) is 3. The molecule has 1 heterocycles. The van der Waals surface area contributed by atoms with Crippen molar-refractivity contribution in [3.05, 3.63) is 65.5 Å². The predicted molar refractivity (Wildman–Crippen MR) is 89.0 cm³/mol. The molecule has 0 aromatic heterocycles. The van der Waals surface area contributed by atoms with E-state index >= 15 is 0 Å². The van der Waals surface area contributed by atoms with Gasteiger partial charge in [0.15, 0.2) is 0 Å². The average molecular weight is 315 g/mol. The van der Waals surface area contributed by atoms with E-state index in [2.05, 4.69) is 24.8 Å². The van der Waals surface area contributed by atoms with Crippen LogP contribution in [0.5, 0.6) is 0 Å². The Labute approximate surface area is 136 Å². The number of para-hydroxylation sites is 1. The van der Waals surface area contributed by atoms with Crippen molar-refractivity contribution < 1.29 is 14.6 Å². The van der Waals surface area contributed by atoms with E-state index in [1.54, 1.807) is 12.1 Å². The van der Waals surface area contributed by atoms with Gasteiger partial charge in [0.2, 0.25) is 0 Å². The summed E-state index contributed by atoms with van der Waals surface area (Å²) in [6.45, 7) is 4.63. The lowest BCUT2D eigenvalue weighted by molar-refractivity contribution is 0.0709. The fourth-order valence-corrected chi connectivity index (χ4v) is 3.54. The van der Waals surface area contributed by atoms with Crippen LogP contribution in [0.2, 0.25) is 0 Å². The molecule has 23 heavy (non-hydrogen) atoms. The van der Waals surface area contributed by atoms with Crippen LogP contribution in [0.4, 0.5) is 10.1 Å². The quantitative estimate of drug-likeness (QED) is 0.911. The third-order valence-electron chi connectivity index (χ3n) is 4.59. The zero-order valence-corrected chi connectivity index (χ0v) is 13.4. The largest absolute Gasteiger partial charge is 0.394 e. The van der Waals surface area contributed by atoms with Gasteiger partial charge in [-0.2, -0.15) is 0 Å². The number of aliphatic hydroxyl groups excluding tert-OH is 2. The molecule has 0 radical (unpaired) electrons. The van der Waals surface area contributed by atoms with Gasteiger partial charge in [-0.05, 0) is 29.3 Å². The Kier molecular flexibility index (Phi) is 4.13. The summed E-state index contributed by atoms with van der Waals surface area (Å²) in [6.07, 6.45) is -0.987. The predicted octanol–water partition coefficient (Wildman–Crippen LogP) is 3.02. The van der Waals surface area contributed by atoms with Gasteiger partial charge in [-0.3, -0.25) is 0 Å². The summed E-state index contributed by atoms with van der Waals surface area (Å²) < 4.78 is 13.7. The molecule has 1 aliphatic rings. The lowest BCUT2D eigenvalue weighted by atomic mass is 9.87. The molecule has 0 saturated heterocycles. The van der Waals surface area contributed by atoms with Gasteiger partial charge in [-0.1, -0.05) is 44.2 Å². The fourth-order valence-electron chi connectivity index (χ4n) is 3.54. The minimum absolute atomic E-state index is 0.0721. The third kappa shape index (κ3) is 2.84. The maximum Gasteiger partial charge on any atom is 0.123 e. The van der Waals surface area contributed by atoms with Crippen LogP contribution in [0.25, 0.3) is 0 Å². The number of anilines is 1. The first-order chi connectivity index (χ1) is 10.9. The highest BCUT2D eigenvalue weighted by molar-refractivity contribution is 5.63. The molecule has 0 saturated carbocycles. The van der Waals surface area contributed by atoms with Crippen LogP contribution < -0.4 is 4.90 Å². The molecule has 2 N–H and O–H groups in total. The van der Waals surface area contributed by atoms with Crippen molar-refractivity contribution in [1.29, 1.82) is 0 Å². The zero-order chi connectivity index (χ0) is 16.6. The van der Waals surface area contributed by atoms with Crippen molar-refractivity contribution in [1.82, 2.24) is 0 Å². The van der Waals surface area contributed by atoms with Crippen LogP contribution in [0.15, 0.2) is 48.5 Å². The van der Waals surface area contributed by atoms with Gasteiger partial charge in [0.05, 0.1) is 12.6 Å². The van der Waals surface area contributed by atoms with Crippen LogP contribution in [-0.4, -0.2) is 29.5 Å². The van der Waals surface area contributed by atoms with E-state index in [1.165, 1.54) is 17.7 Å². The molecule has 0 fully saturated rings. The molecule has 0 unspecified atom stereocenters. The van der Waals surface area contributed by atoms with Crippen molar-refractivity contribution >= 4 is 5.69 Å². The van der Waals surface area contributed by atoms with Crippen LogP contribution in [0.3, 0.4) is 0 Å². The van der Waals surface area contributed by atoms with Crippen molar-refractivity contribution in [3.63, 3.8) is 0 Å². The summed E-state index contributed by atoms with van der Waals surface area (Å²) in [5.74, 6) is -0.343. The van der Waals surface area contributed by atoms with E-state index in [-0.39, 0.29) is 17.8 Å². The van der Waals surface area contributed by atoms with Gasteiger partial charge >= 0.3 is 0 Å². The van der Waals surface area contributed by atoms with E-state index < -0.39 is 12.1 Å². The molecular formula is C19H22FNO2. The normalized spacial score (nSPS) is 18.6. The molecular weight excluding hydrogens is 293 g/mol. The number of fused-ring (bicyclic) bond motifs is 1. The first kappa shape index (κ1) is 16.0. The minimum Gasteiger partial charge on any atom is -0.394 e. The summed E-state index contributed by atoms with van der Waals surface area (Å²) in [4.78, 5) is 2.07. The lowest BCUT2D eigenvalue weighted by Gasteiger charge is -2.34. The lowest BCUT2D eigenvalue weighted by Crippen LogP contribution is -2.40. The number of halogens is 1. The molecule has 2 aromatic carbocycles. The number of benzene rings is 2. The summed E-state index contributed by atoms with van der Waals surface area (Å²) in [5.41, 5.74) is 2.82. The molecule has 3 nitrogen and oxygen atoms in total. The Bertz CT molecular complexity index is 701. The molecule has 0 aliphatic carbocycles. The highest BCUT2D eigenvalue weighted by atomic mass is 19.1. The van der Waals surface area contributed by atoms with Gasteiger partial charge in [-0.15, -0.1) is 0 Å². The highest BCUT2D eigenvalue weighted by Crippen LogP contribution is 2.45. The van der Waals surface area contributed by atoms with Crippen molar-refractivity contribution in [2.45, 2.75) is 31.4 Å². The van der Waals surface area contributed by atoms with Gasteiger partial charge in [0.25, 0.3) is 0 Å². The third-order valence-corrected chi connectivity index (χ3v) is 4.59. The standard InChI is InChI=1S/C19H22FNO2/c1-19(2)12-21(16-9-4-3-8-15(16)19)18(17(23)11-22)13-6-5-7-14(20)10-13/h3-10,17-18,22-23H,11-12H2,1-2H3/t17-,18+/m1/s1. The number of nitrogens with zero attached hydrogens (tertiary/aromatic N) is 1. The Balaban J connectivity index is 2.09. The molecule has 122 valence electrons. The minimum atomic E-state index is -0.987. The molecule has 1 aliphatic heterocycles. The smallest absolute Gasteiger partial charge is 0.123 e. The molecule has 0 bridgehead atoms. The molecule has 4 heteroatoms. The van der Waals surface area contributed by atoms with E-state index in [4.69, 9.17) is 0 Å². The second kappa shape index (κ2) is 5.95. The summed E-state index contributed by atoms with van der Waals surface area (Å²) >= 11 is 0. The van der Waals surface area contributed by atoms with Gasteiger partial charge in [0, 0.05) is 17.6 Å². The van der Waals surface area contributed by atoms with Gasteiger partial charge < -0.3 is 15.1 Å². The van der Waals surface area contributed by atoms with Gasteiger partial charge in [0.1, 0.15) is 11.9 Å². The summed E-state index contributed by atoms with van der Waals surface area (Å²) in [7, 11) is 0. The number of hydrogen-bond donors (Lipinski definition) is 2. The van der Waals surface area contributed by atoms with E-state index in [0.717, 1.165) is 5.69 Å². The molecule has 0 amide bonds. The Morgan fingerprint density at radius 3 is 2.61 bits per heavy atom. The Hall–Kier alpha value is -1.91. The highest BCUT2D eigenvalue weighted by Gasteiger charge is 2.40. The van der Waals surface area contributed by atoms with Crippen LogP contribution in [-0.2, 0) is 5.41 Å². The Morgan fingerprint density at radius 1 is 1.17 bits per heavy atom. The topological polar surface area (TPSA) is 43.7 Å². The van der Waals surface area contributed by atoms with Crippen LogP contribution in [0.1, 0.15) is 31.0 Å². The Morgan fingerprint density at radius 2 is 1.91 bits per heavy atom. The van der Waals surface area contributed by atoms with Gasteiger partial charge in [-0.25, -0.2) is 4.39 Å². The number of rotatable bonds is 4. The summed E-state index contributed by atoms with van der Waals surface area (Å²) in [6, 6.07) is 13.8. The SMILES string of the molecule is CC1(C)CN([C@@H](c2cccc(F)c2)[C@H](O)CO)c2ccccc21. The monoisotopic (exact) mass is 315 g/mol. The zero-order valence-electron chi connectivity index (χ0n) is 13.4. The second-order valence-electron chi connectivity index (χ2n) is 6.78. The maximum absolute atomic E-state index is 13.7. The first-order valence-corrected chi connectivity index (χ1v) is 7.84. The average Bonchev–Trinajstić information content (AvgIpc) is 2.79. The van der Waals surface area contributed by atoms with Crippen molar-refractivity contribution in [3.8, 4) is 0 Å². The second-order valence-corrected chi connectivity index (χ2v) is 6.78. The maximum atomic E-state index is 13.7. The van der Waals surface area contributed by atoms with Crippen molar-refractivity contribution in [2.75, 3.05) is 18.1 Å². The van der Waals surface area contributed by atoms with E-state index in [9.17, 15) is 14.6 Å². The molecule has 3 rings (SSSR count). The van der Waals surface area contributed by atoms with E-state index in [1.807, 2.05) is 18.2 Å². The van der Waals surface area contributed by atoms with Crippen LogP contribution in [0, 0.1) is 5.82 Å². The molecule has 2 atom stereocenters. The molecule has 0 spiro atoms. The van der Waals surface area contributed by atoms with Crippen LogP contribution >= 0.6 is 0 Å². The summed E-state index contributed by atoms with van der Waals surface area (Å²) in [5, 5.41) is 19.9. The van der Waals surface area contributed by atoms with E-state index in [0.29, 0.717) is 12.1 Å². The number of aliphatic hydroxyl groups is 2. The fraction of sp³-hybridized carbons (Fsp3) is 0.368.